The molecule has 0 atom stereocenters. The number of amides is 1. The Hall–Kier alpha value is -3.45. The van der Waals surface area contributed by atoms with Crippen molar-refractivity contribution in [2.24, 2.45) is 0 Å². The Kier molecular flexibility index (Phi) is 4.24. The SMILES string of the molecule is C=C(O)c1cc2sc(N(C)C(=O)c3ccc4cc(F)ccc4c3)cc2oc1=O. The number of thiophene rings is 1. The van der Waals surface area contributed by atoms with Crippen molar-refractivity contribution in [3.63, 3.8) is 0 Å². The number of carbonyl (C=O) groups excluding carboxylic acids is 1. The van der Waals surface area contributed by atoms with Crippen LogP contribution in [-0.2, 0) is 0 Å². The average Bonchev–Trinajstić information content (AvgIpc) is 3.08. The summed E-state index contributed by atoms with van der Waals surface area (Å²) < 4.78 is 19.1. The van der Waals surface area contributed by atoms with Gasteiger partial charge in [0, 0.05) is 18.7 Å². The van der Waals surface area contributed by atoms with Crippen LogP contribution in [0.25, 0.3) is 26.8 Å². The third kappa shape index (κ3) is 3.05. The minimum absolute atomic E-state index is 0.0170. The zero-order valence-electron chi connectivity index (χ0n) is 14.7. The summed E-state index contributed by atoms with van der Waals surface area (Å²) in [5.74, 6) is -0.963. The molecule has 28 heavy (non-hydrogen) atoms. The normalized spacial score (nSPS) is 11.1. The summed E-state index contributed by atoms with van der Waals surface area (Å²) in [6.07, 6.45) is 0. The lowest BCUT2D eigenvalue weighted by atomic mass is 10.1. The molecule has 0 radical (unpaired) electrons. The molecular weight excluding hydrogens is 381 g/mol. The molecule has 1 N–H and O–H groups in total. The minimum Gasteiger partial charge on any atom is -0.508 e. The van der Waals surface area contributed by atoms with E-state index in [0.717, 1.165) is 5.39 Å². The number of fused-ring (bicyclic) bond motifs is 2. The molecule has 0 aliphatic carbocycles. The molecule has 0 unspecified atom stereocenters. The van der Waals surface area contributed by atoms with Crippen LogP contribution < -0.4 is 10.5 Å². The monoisotopic (exact) mass is 395 g/mol. The fourth-order valence-corrected chi connectivity index (χ4v) is 3.90. The molecule has 4 rings (SSSR count). The molecule has 7 heteroatoms. The summed E-state index contributed by atoms with van der Waals surface area (Å²) in [7, 11) is 1.62. The third-order valence-corrected chi connectivity index (χ3v) is 5.55. The zero-order chi connectivity index (χ0) is 20.0. The fraction of sp³-hybridized carbons (Fsp3) is 0.0476. The molecular formula is C21H14FNO4S. The first kappa shape index (κ1) is 17.9. The van der Waals surface area contributed by atoms with Gasteiger partial charge in [-0.05, 0) is 41.1 Å². The van der Waals surface area contributed by atoms with Crippen molar-refractivity contribution < 1.29 is 18.7 Å². The zero-order valence-corrected chi connectivity index (χ0v) is 15.5. The quantitative estimate of drug-likeness (QED) is 0.498. The average molecular weight is 395 g/mol. The van der Waals surface area contributed by atoms with E-state index in [2.05, 4.69) is 6.58 Å². The molecule has 1 amide bonds. The fourth-order valence-electron chi connectivity index (χ4n) is 2.91. The molecule has 0 bridgehead atoms. The smallest absolute Gasteiger partial charge is 0.347 e. The van der Waals surface area contributed by atoms with Crippen molar-refractivity contribution >= 4 is 49.1 Å². The van der Waals surface area contributed by atoms with Gasteiger partial charge in [-0.3, -0.25) is 4.79 Å². The lowest BCUT2D eigenvalue weighted by Crippen LogP contribution is -2.25. The van der Waals surface area contributed by atoms with E-state index in [-0.39, 0.29) is 23.0 Å². The maximum absolute atomic E-state index is 13.3. The van der Waals surface area contributed by atoms with Crippen molar-refractivity contribution in [2.45, 2.75) is 0 Å². The topological polar surface area (TPSA) is 70.8 Å². The van der Waals surface area contributed by atoms with Crippen LogP contribution in [-0.4, -0.2) is 18.1 Å². The Balaban J connectivity index is 1.71. The Bertz CT molecular complexity index is 1320. The van der Waals surface area contributed by atoms with E-state index < -0.39 is 5.63 Å². The van der Waals surface area contributed by atoms with E-state index in [1.54, 1.807) is 37.4 Å². The first-order chi connectivity index (χ1) is 13.3. The van der Waals surface area contributed by atoms with Crippen molar-refractivity contribution in [3.8, 4) is 0 Å². The number of hydrogen-bond acceptors (Lipinski definition) is 5. The second kappa shape index (κ2) is 6.61. The van der Waals surface area contributed by atoms with Gasteiger partial charge in [0.1, 0.15) is 22.1 Å². The van der Waals surface area contributed by atoms with Crippen LogP contribution in [0, 0.1) is 5.82 Å². The number of anilines is 1. The molecule has 0 aliphatic heterocycles. The number of aliphatic hydroxyl groups is 1. The Morgan fingerprint density at radius 1 is 1.14 bits per heavy atom. The number of rotatable bonds is 3. The summed E-state index contributed by atoms with van der Waals surface area (Å²) in [5.41, 5.74) is 0.0605. The summed E-state index contributed by atoms with van der Waals surface area (Å²) in [4.78, 5) is 26.2. The molecule has 4 aromatic rings. The van der Waals surface area contributed by atoms with E-state index in [4.69, 9.17) is 4.42 Å². The minimum atomic E-state index is -0.694. The lowest BCUT2D eigenvalue weighted by molar-refractivity contribution is 0.0993. The number of aliphatic hydroxyl groups excluding tert-OH is 1. The number of nitrogens with zero attached hydrogens (tertiary/aromatic N) is 1. The van der Waals surface area contributed by atoms with Gasteiger partial charge >= 0.3 is 5.63 Å². The highest BCUT2D eigenvalue weighted by molar-refractivity contribution is 7.22. The number of carbonyl (C=O) groups is 1. The highest BCUT2D eigenvalue weighted by Gasteiger charge is 2.18. The predicted molar refractivity (Wildman–Crippen MR) is 109 cm³/mol. The molecule has 5 nitrogen and oxygen atoms in total. The summed E-state index contributed by atoms with van der Waals surface area (Å²) in [6, 6.07) is 12.5. The molecule has 0 saturated carbocycles. The van der Waals surface area contributed by atoms with E-state index in [1.807, 2.05) is 0 Å². The Morgan fingerprint density at radius 2 is 1.86 bits per heavy atom. The van der Waals surface area contributed by atoms with Gasteiger partial charge in [0.05, 0.1) is 4.70 Å². The number of halogens is 1. The number of benzene rings is 2. The largest absolute Gasteiger partial charge is 0.508 e. The van der Waals surface area contributed by atoms with Gasteiger partial charge < -0.3 is 14.4 Å². The standard InChI is InChI=1S/C21H14FNO4S/c1-11(24)16-9-18-17(27-21(16)26)10-19(28-18)23(2)20(25)14-4-3-13-8-15(22)6-5-12(13)7-14/h3-10,24H,1H2,2H3. The summed E-state index contributed by atoms with van der Waals surface area (Å²) in [6.45, 7) is 3.35. The van der Waals surface area contributed by atoms with Crippen molar-refractivity contribution in [2.75, 3.05) is 11.9 Å². The molecule has 140 valence electrons. The second-order valence-corrected chi connectivity index (χ2v) is 7.34. The van der Waals surface area contributed by atoms with Gasteiger partial charge in [-0.2, -0.15) is 0 Å². The summed E-state index contributed by atoms with van der Waals surface area (Å²) in [5, 5.41) is 11.5. The molecule has 0 aliphatic rings. The second-order valence-electron chi connectivity index (χ2n) is 6.28. The van der Waals surface area contributed by atoms with Crippen LogP contribution in [0.2, 0.25) is 0 Å². The van der Waals surface area contributed by atoms with E-state index in [0.29, 0.717) is 26.2 Å². The molecule has 2 aromatic carbocycles. The first-order valence-electron chi connectivity index (χ1n) is 8.27. The maximum Gasteiger partial charge on any atom is 0.347 e. The Labute approximate surface area is 162 Å². The van der Waals surface area contributed by atoms with Crippen LogP contribution in [0.1, 0.15) is 15.9 Å². The molecule has 2 heterocycles. The van der Waals surface area contributed by atoms with E-state index >= 15 is 0 Å². The van der Waals surface area contributed by atoms with E-state index in [9.17, 15) is 19.1 Å². The van der Waals surface area contributed by atoms with Crippen molar-refractivity contribution in [3.05, 3.63) is 82.5 Å². The Morgan fingerprint density at radius 3 is 2.61 bits per heavy atom. The van der Waals surface area contributed by atoms with Gasteiger partial charge in [-0.25, -0.2) is 9.18 Å². The van der Waals surface area contributed by atoms with Gasteiger partial charge in [0.25, 0.3) is 5.91 Å². The number of hydrogen-bond donors (Lipinski definition) is 1. The molecule has 0 spiro atoms. The van der Waals surface area contributed by atoms with Crippen molar-refractivity contribution in [1.82, 2.24) is 0 Å². The maximum atomic E-state index is 13.3. The third-order valence-electron chi connectivity index (χ3n) is 4.41. The predicted octanol–water partition coefficient (Wildman–Crippen LogP) is 4.95. The lowest BCUT2D eigenvalue weighted by Gasteiger charge is -2.15. The van der Waals surface area contributed by atoms with Gasteiger partial charge in [0.15, 0.2) is 5.58 Å². The summed E-state index contributed by atoms with van der Waals surface area (Å²) >= 11 is 1.24. The van der Waals surface area contributed by atoms with Crippen LogP contribution in [0.4, 0.5) is 9.39 Å². The molecule has 0 fully saturated rings. The van der Waals surface area contributed by atoms with Gasteiger partial charge in [-0.1, -0.05) is 18.7 Å². The van der Waals surface area contributed by atoms with Gasteiger partial charge in [-0.15, -0.1) is 11.3 Å². The van der Waals surface area contributed by atoms with Crippen LogP contribution in [0.5, 0.6) is 0 Å². The van der Waals surface area contributed by atoms with Gasteiger partial charge in [0.2, 0.25) is 0 Å². The highest BCUT2D eigenvalue weighted by atomic mass is 32.1. The van der Waals surface area contributed by atoms with E-state index in [1.165, 1.54) is 34.4 Å². The highest BCUT2D eigenvalue weighted by Crippen LogP contribution is 2.33. The first-order valence-corrected chi connectivity index (χ1v) is 9.08. The van der Waals surface area contributed by atoms with Crippen LogP contribution in [0.3, 0.4) is 0 Å². The van der Waals surface area contributed by atoms with Crippen LogP contribution in [0.15, 0.2) is 64.3 Å². The van der Waals surface area contributed by atoms with Crippen LogP contribution >= 0.6 is 11.3 Å². The molecule has 2 aromatic heterocycles. The van der Waals surface area contributed by atoms with Crippen molar-refractivity contribution in [1.29, 1.82) is 0 Å². The molecule has 0 saturated heterocycles.